The number of carboxylic acids is 1. The van der Waals surface area contributed by atoms with Gasteiger partial charge >= 0.3 is 18.0 Å². The quantitative estimate of drug-likeness (QED) is 0.342. The number of hydrogen-bond donors (Lipinski definition) is 2. The summed E-state index contributed by atoms with van der Waals surface area (Å²) in [6.07, 6.45) is 0.434. The number of ether oxygens (including phenoxy) is 2. The average molecular weight is 493 g/mol. The minimum absolute atomic E-state index is 0.0373. The summed E-state index contributed by atoms with van der Waals surface area (Å²) in [5.41, 5.74) is 0.614. The Hall–Kier alpha value is -3.60. The van der Waals surface area contributed by atoms with Crippen LogP contribution in [0.25, 0.3) is 6.08 Å². The summed E-state index contributed by atoms with van der Waals surface area (Å²) in [6.45, 7) is 1.24. The summed E-state index contributed by atoms with van der Waals surface area (Å²) in [6, 6.07) is 7.01. The van der Waals surface area contributed by atoms with E-state index in [0.29, 0.717) is 15.8 Å². The summed E-state index contributed by atoms with van der Waals surface area (Å²) in [7, 11) is 1.21. The molecule has 1 fully saturated rings. The molecule has 2 aromatic rings. The number of amides is 3. The minimum atomic E-state index is -1.10. The summed E-state index contributed by atoms with van der Waals surface area (Å²) in [5, 5.41) is 11.4. The van der Waals surface area contributed by atoms with Crippen molar-refractivity contribution in [3.8, 4) is 5.75 Å². The second-order valence-electron chi connectivity index (χ2n) is 6.43. The number of aliphatic carboxylic acids is 1. The number of carbonyl (C=O) groups is 4. The molecule has 0 bridgehead atoms. The van der Waals surface area contributed by atoms with Crippen LogP contribution in [0.5, 0.6) is 5.75 Å². The Balaban J connectivity index is 1.74. The van der Waals surface area contributed by atoms with Gasteiger partial charge in [-0.3, -0.25) is 9.69 Å². The number of benzene rings is 1. The van der Waals surface area contributed by atoms with E-state index in [4.69, 9.17) is 14.3 Å². The molecule has 3 amide bonds. The molecule has 1 aromatic carbocycles. The van der Waals surface area contributed by atoms with Crippen LogP contribution in [0, 0.1) is 0 Å². The maximum absolute atomic E-state index is 12.6. The van der Waals surface area contributed by atoms with Crippen LogP contribution in [0.2, 0.25) is 0 Å². The van der Waals surface area contributed by atoms with Crippen molar-refractivity contribution >= 4 is 45.9 Å². The van der Waals surface area contributed by atoms with Gasteiger partial charge in [0.05, 0.1) is 18.1 Å². The normalized spacial score (nSPS) is 15.7. The molecule has 0 aliphatic carbocycles. The highest BCUT2D eigenvalue weighted by atomic mass is 79.9. The standard InChI is InChI=1S/C20H17BrN2O8/c1-10(18(25)26)30-15-5-3-11(7-13(15)21)8-14-17(24)23(20(28)22-14)9-12-4-6-16(31-12)19(27)29-2/h3-8,10H,9H2,1-2H3,(H,22,28)(H,25,26)/b14-8-/t10-/m0/s1. The number of rotatable bonds is 7. The van der Waals surface area contributed by atoms with Gasteiger partial charge in [-0.2, -0.15) is 0 Å². The number of methoxy groups -OCH3 is 1. The lowest BCUT2D eigenvalue weighted by atomic mass is 10.2. The number of esters is 1. The van der Waals surface area contributed by atoms with Crippen LogP contribution in [0.1, 0.15) is 28.8 Å². The second-order valence-corrected chi connectivity index (χ2v) is 7.28. The molecular formula is C20H17BrN2O8. The first kappa shape index (κ1) is 22.1. The zero-order chi connectivity index (χ0) is 22.7. The van der Waals surface area contributed by atoms with Crippen LogP contribution in [-0.2, 0) is 20.9 Å². The third-order valence-electron chi connectivity index (χ3n) is 4.24. The van der Waals surface area contributed by atoms with Gasteiger partial charge in [-0.1, -0.05) is 6.07 Å². The molecule has 10 nitrogen and oxygen atoms in total. The van der Waals surface area contributed by atoms with Crippen molar-refractivity contribution in [2.45, 2.75) is 19.6 Å². The maximum atomic E-state index is 12.6. The van der Waals surface area contributed by atoms with Crippen LogP contribution in [0.15, 0.2) is 44.9 Å². The van der Waals surface area contributed by atoms with Crippen LogP contribution in [0.4, 0.5) is 4.79 Å². The first-order valence-electron chi connectivity index (χ1n) is 8.90. The van der Waals surface area contributed by atoms with Crippen molar-refractivity contribution in [1.82, 2.24) is 10.2 Å². The van der Waals surface area contributed by atoms with E-state index in [1.807, 2.05) is 0 Å². The number of urea groups is 1. The number of nitrogens with zero attached hydrogens (tertiary/aromatic N) is 1. The summed E-state index contributed by atoms with van der Waals surface area (Å²) >= 11 is 3.30. The lowest BCUT2D eigenvalue weighted by Gasteiger charge is -2.12. The molecule has 1 atom stereocenters. The first-order valence-corrected chi connectivity index (χ1v) is 9.69. The van der Waals surface area contributed by atoms with Gasteiger partial charge < -0.3 is 24.3 Å². The molecule has 1 aliphatic heterocycles. The van der Waals surface area contributed by atoms with E-state index in [1.165, 1.54) is 32.2 Å². The van der Waals surface area contributed by atoms with Gasteiger partial charge in [-0.25, -0.2) is 14.4 Å². The fourth-order valence-electron chi connectivity index (χ4n) is 2.65. The largest absolute Gasteiger partial charge is 0.479 e. The van der Waals surface area contributed by atoms with E-state index in [9.17, 15) is 19.2 Å². The van der Waals surface area contributed by atoms with Gasteiger partial charge in [-0.05, 0) is 58.8 Å². The van der Waals surface area contributed by atoms with Gasteiger partial charge in [0, 0.05) is 0 Å². The molecule has 31 heavy (non-hydrogen) atoms. The van der Waals surface area contributed by atoms with E-state index in [1.54, 1.807) is 18.2 Å². The van der Waals surface area contributed by atoms with Gasteiger partial charge in [0.15, 0.2) is 6.10 Å². The molecule has 0 unspecified atom stereocenters. The molecule has 2 N–H and O–H groups in total. The van der Waals surface area contributed by atoms with Crippen molar-refractivity contribution in [3.63, 3.8) is 0 Å². The Morgan fingerprint density at radius 2 is 2.03 bits per heavy atom. The number of carboxylic acid groups (broad SMARTS) is 1. The first-order chi connectivity index (χ1) is 14.7. The Kier molecular flexibility index (Phi) is 6.44. The molecule has 1 aliphatic rings. The van der Waals surface area contributed by atoms with Gasteiger partial charge in [0.1, 0.15) is 17.2 Å². The Bertz CT molecular complexity index is 1090. The average Bonchev–Trinajstić information content (AvgIpc) is 3.30. The maximum Gasteiger partial charge on any atom is 0.373 e. The third-order valence-corrected chi connectivity index (χ3v) is 4.86. The van der Waals surface area contributed by atoms with E-state index in [-0.39, 0.29) is 23.8 Å². The van der Waals surface area contributed by atoms with E-state index < -0.39 is 30.0 Å². The summed E-state index contributed by atoms with van der Waals surface area (Å²) in [4.78, 5) is 48.2. The molecule has 0 spiro atoms. The van der Waals surface area contributed by atoms with Crippen molar-refractivity contribution in [2.24, 2.45) is 0 Å². The highest BCUT2D eigenvalue weighted by molar-refractivity contribution is 9.10. The fraction of sp³-hybridized carbons (Fsp3) is 0.200. The smallest absolute Gasteiger partial charge is 0.373 e. The topological polar surface area (TPSA) is 135 Å². The lowest BCUT2D eigenvalue weighted by molar-refractivity contribution is -0.144. The minimum Gasteiger partial charge on any atom is -0.479 e. The number of furan rings is 1. The lowest BCUT2D eigenvalue weighted by Crippen LogP contribution is -2.30. The molecule has 0 radical (unpaired) electrons. The van der Waals surface area contributed by atoms with Crippen molar-refractivity contribution < 1.29 is 38.2 Å². The number of hydrogen-bond acceptors (Lipinski definition) is 7. The van der Waals surface area contributed by atoms with Crippen LogP contribution in [-0.4, -0.2) is 47.1 Å². The van der Waals surface area contributed by atoms with E-state index in [2.05, 4.69) is 26.0 Å². The van der Waals surface area contributed by atoms with Gasteiger partial charge in [-0.15, -0.1) is 0 Å². The molecule has 3 rings (SSSR count). The molecule has 2 heterocycles. The summed E-state index contributed by atoms with van der Waals surface area (Å²) in [5.74, 6) is -1.82. The highest BCUT2D eigenvalue weighted by Gasteiger charge is 2.34. The van der Waals surface area contributed by atoms with Crippen LogP contribution in [0.3, 0.4) is 0 Å². The van der Waals surface area contributed by atoms with E-state index in [0.717, 1.165) is 4.90 Å². The predicted octanol–water partition coefficient (Wildman–Crippen LogP) is 2.77. The SMILES string of the molecule is COC(=O)c1ccc(CN2C(=O)N/C(=C\c3ccc(O[C@@H](C)C(=O)O)c(Br)c3)C2=O)o1. The van der Waals surface area contributed by atoms with Gasteiger partial charge in [0.25, 0.3) is 5.91 Å². The molecular weight excluding hydrogens is 476 g/mol. The number of carbonyl (C=O) groups excluding carboxylic acids is 3. The zero-order valence-electron chi connectivity index (χ0n) is 16.4. The number of imide groups is 1. The van der Waals surface area contributed by atoms with Crippen molar-refractivity contribution in [2.75, 3.05) is 7.11 Å². The predicted molar refractivity (Wildman–Crippen MR) is 109 cm³/mol. The van der Waals surface area contributed by atoms with Crippen LogP contribution >= 0.6 is 15.9 Å². The Labute approximate surface area is 184 Å². The fourth-order valence-corrected chi connectivity index (χ4v) is 3.14. The number of halogens is 1. The molecule has 162 valence electrons. The monoisotopic (exact) mass is 492 g/mol. The second kappa shape index (κ2) is 9.04. The third kappa shape index (κ3) is 4.94. The molecule has 1 saturated heterocycles. The van der Waals surface area contributed by atoms with Crippen molar-refractivity contribution in [1.29, 1.82) is 0 Å². The highest BCUT2D eigenvalue weighted by Crippen LogP contribution is 2.28. The summed E-state index contributed by atoms with van der Waals surface area (Å²) < 4.78 is 15.7. The van der Waals surface area contributed by atoms with Gasteiger partial charge in [0.2, 0.25) is 5.76 Å². The molecule has 0 saturated carbocycles. The molecule has 11 heteroatoms. The zero-order valence-corrected chi connectivity index (χ0v) is 18.0. The van der Waals surface area contributed by atoms with Crippen molar-refractivity contribution in [3.05, 3.63) is 57.6 Å². The number of nitrogens with one attached hydrogen (secondary N) is 1. The molecule has 1 aromatic heterocycles. The van der Waals surface area contributed by atoms with E-state index >= 15 is 0 Å². The Morgan fingerprint density at radius 3 is 2.68 bits per heavy atom. The Morgan fingerprint density at radius 1 is 1.29 bits per heavy atom. The van der Waals surface area contributed by atoms with Crippen LogP contribution < -0.4 is 10.1 Å².